The summed E-state index contributed by atoms with van der Waals surface area (Å²) in [7, 11) is 0. The Morgan fingerprint density at radius 2 is 2.12 bits per heavy atom. The standard InChI is InChI=1S/C21H23N3O/c1-16-5-4-12-24(14-16)20-10-9-18-7-2-8-19(21(18)23-20)25-15-17-6-3-11-22-13-17/h2-3,6-11,13,16H,4-5,12,14-15H2,1H3. The van der Waals surface area contributed by atoms with Gasteiger partial charge in [-0.1, -0.05) is 25.1 Å². The zero-order valence-electron chi connectivity index (χ0n) is 14.6. The van der Waals surface area contributed by atoms with E-state index < -0.39 is 0 Å². The van der Waals surface area contributed by atoms with Crippen LogP contribution in [0.5, 0.6) is 5.75 Å². The number of anilines is 1. The number of ether oxygens (including phenoxy) is 1. The maximum absolute atomic E-state index is 6.05. The smallest absolute Gasteiger partial charge is 0.146 e. The molecule has 1 atom stereocenters. The first-order chi connectivity index (χ1) is 12.3. The molecule has 3 heterocycles. The first kappa shape index (κ1) is 15.9. The number of para-hydroxylation sites is 1. The molecule has 3 aromatic rings. The fourth-order valence-corrected chi connectivity index (χ4v) is 3.44. The Hall–Kier alpha value is -2.62. The van der Waals surface area contributed by atoms with Gasteiger partial charge in [-0.25, -0.2) is 4.98 Å². The largest absolute Gasteiger partial charge is 0.487 e. The van der Waals surface area contributed by atoms with E-state index in [2.05, 4.69) is 35.0 Å². The number of hydrogen-bond donors (Lipinski definition) is 0. The molecule has 4 rings (SSSR count). The average Bonchev–Trinajstić information content (AvgIpc) is 2.67. The van der Waals surface area contributed by atoms with Gasteiger partial charge < -0.3 is 9.64 Å². The Bertz CT molecular complexity index is 850. The number of fused-ring (bicyclic) bond motifs is 1. The Morgan fingerprint density at radius 1 is 1.16 bits per heavy atom. The Labute approximate surface area is 148 Å². The molecule has 0 bridgehead atoms. The van der Waals surface area contributed by atoms with Crippen LogP contribution in [0.1, 0.15) is 25.3 Å². The monoisotopic (exact) mass is 333 g/mol. The van der Waals surface area contributed by atoms with Crippen molar-refractivity contribution in [3.8, 4) is 5.75 Å². The highest BCUT2D eigenvalue weighted by Crippen LogP contribution is 2.29. The fraction of sp³-hybridized carbons (Fsp3) is 0.333. The van der Waals surface area contributed by atoms with Gasteiger partial charge in [-0.15, -0.1) is 0 Å². The lowest BCUT2D eigenvalue weighted by Gasteiger charge is -2.32. The zero-order valence-corrected chi connectivity index (χ0v) is 14.6. The molecule has 1 saturated heterocycles. The van der Waals surface area contributed by atoms with Crippen molar-refractivity contribution in [3.05, 3.63) is 60.4 Å². The van der Waals surface area contributed by atoms with Crippen LogP contribution in [0.4, 0.5) is 5.82 Å². The van der Waals surface area contributed by atoms with Gasteiger partial charge >= 0.3 is 0 Å². The number of hydrogen-bond acceptors (Lipinski definition) is 4. The molecule has 0 spiro atoms. The van der Waals surface area contributed by atoms with Gasteiger partial charge in [0.2, 0.25) is 0 Å². The maximum Gasteiger partial charge on any atom is 0.146 e. The first-order valence-corrected chi connectivity index (χ1v) is 8.96. The van der Waals surface area contributed by atoms with E-state index in [1.807, 2.05) is 30.5 Å². The average molecular weight is 333 g/mol. The fourth-order valence-electron chi connectivity index (χ4n) is 3.44. The van der Waals surface area contributed by atoms with Gasteiger partial charge in [-0.05, 0) is 43.0 Å². The number of aromatic nitrogens is 2. The minimum atomic E-state index is 0.500. The van der Waals surface area contributed by atoms with Crippen LogP contribution in [0, 0.1) is 5.92 Å². The highest BCUT2D eigenvalue weighted by molar-refractivity contribution is 5.86. The first-order valence-electron chi connectivity index (χ1n) is 8.96. The summed E-state index contributed by atoms with van der Waals surface area (Å²) < 4.78 is 6.05. The van der Waals surface area contributed by atoms with Crippen LogP contribution in [0.25, 0.3) is 10.9 Å². The number of nitrogens with zero attached hydrogens (tertiary/aromatic N) is 3. The number of benzene rings is 1. The topological polar surface area (TPSA) is 38.2 Å². The van der Waals surface area contributed by atoms with Crippen LogP contribution >= 0.6 is 0 Å². The molecule has 1 aliphatic heterocycles. The summed E-state index contributed by atoms with van der Waals surface area (Å²) in [5, 5.41) is 1.11. The lowest BCUT2D eigenvalue weighted by molar-refractivity contribution is 0.309. The highest BCUT2D eigenvalue weighted by atomic mass is 16.5. The van der Waals surface area contributed by atoms with Crippen LogP contribution in [-0.2, 0) is 6.61 Å². The van der Waals surface area contributed by atoms with E-state index in [9.17, 15) is 0 Å². The molecule has 0 radical (unpaired) electrons. The van der Waals surface area contributed by atoms with E-state index in [0.29, 0.717) is 6.61 Å². The summed E-state index contributed by atoms with van der Waals surface area (Å²) >= 11 is 0. The van der Waals surface area contributed by atoms with E-state index in [4.69, 9.17) is 9.72 Å². The molecule has 1 aliphatic rings. The van der Waals surface area contributed by atoms with E-state index in [0.717, 1.165) is 47.0 Å². The molecule has 0 saturated carbocycles. The van der Waals surface area contributed by atoms with Crippen molar-refractivity contribution >= 4 is 16.7 Å². The predicted octanol–water partition coefficient (Wildman–Crippen LogP) is 4.45. The Balaban J connectivity index is 1.61. The normalized spacial score (nSPS) is 17.6. The van der Waals surface area contributed by atoms with Gasteiger partial charge in [0.1, 0.15) is 23.7 Å². The molecule has 0 aliphatic carbocycles. The van der Waals surface area contributed by atoms with Crippen molar-refractivity contribution < 1.29 is 4.74 Å². The third-order valence-corrected chi connectivity index (χ3v) is 4.77. The van der Waals surface area contributed by atoms with Crippen molar-refractivity contribution in [2.24, 2.45) is 5.92 Å². The molecular formula is C21H23N3O. The van der Waals surface area contributed by atoms with Gasteiger partial charge in [0.25, 0.3) is 0 Å². The van der Waals surface area contributed by atoms with Gasteiger partial charge in [0, 0.05) is 36.4 Å². The van der Waals surface area contributed by atoms with Gasteiger partial charge in [0.15, 0.2) is 0 Å². The molecule has 1 unspecified atom stereocenters. The van der Waals surface area contributed by atoms with Crippen LogP contribution in [-0.4, -0.2) is 23.1 Å². The van der Waals surface area contributed by atoms with Crippen LogP contribution < -0.4 is 9.64 Å². The van der Waals surface area contributed by atoms with Gasteiger partial charge in [-0.2, -0.15) is 0 Å². The molecule has 0 N–H and O–H groups in total. The molecule has 1 fully saturated rings. The van der Waals surface area contributed by atoms with Crippen molar-refractivity contribution in [1.82, 2.24) is 9.97 Å². The van der Waals surface area contributed by atoms with E-state index in [1.165, 1.54) is 12.8 Å². The summed E-state index contributed by atoms with van der Waals surface area (Å²) in [6.45, 7) is 4.98. The van der Waals surface area contributed by atoms with Crippen LogP contribution in [0.15, 0.2) is 54.9 Å². The third-order valence-electron chi connectivity index (χ3n) is 4.77. The van der Waals surface area contributed by atoms with Gasteiger partial charge in [-0.3, -0.25) is 4.98 Å². The molecule has 0 amide bonds. The molecule has 4 heteroatoms. The third kappa shape index (κ3) is 3.58. The van der Waals surface area contributed by atoms with E-state index >= 15 is 0 Å². The zero-order chi connectivity index (χ0) is 17.1. The summed E-state index contributed by atoms with van der Waals surface area (Å²) in [6.07, 6.45) is 6.15. The number of piperidine rings is 1. The second-order valence-electron chi connectivity index (χ2n) is 6.84. The molecule has 128 valence electrons. The summed E-state index contributed by atoms with van der Waals surface area (Å²) in [6, 6.07) is 14.3. The van der Waals surface area contributed by atoms with Crippen molar-refractivity contribution in [2.45, 2.75) is 26.4 Å². The van der Waals surface area contributed by atoms with Crippen LogP contribution in [0.2, 0.25) is 0 Å². The Kier molecular flexibility index (Phi) is 4.51. The summed E-state index contributed by atoms with van der Waals surface area (Å²) in [4.78, 5) is 11.5. The second-order valence-corrected chi connectivity index (χ2v) is 6.84. The maximum atomic E-state index is 6.05. The molecule has 2 aromatic heterocycles. The highest BCUT2D eigenvalue weighted by Gasteiger charge is 2.18. The SMILES string of the molecule is CC1CCCN(c2ccc3cccc(OCc4cccnc4)c3n2)C1. The van der Waals surface area contributed by atoms with Crippen molar-refractivity contribution in [2.75, 3.05) is 18.0 Å². The number of rotatable bonds is 4. The summed E-state index contributed by atoms with van der Waals surface area (Å²) in [5.41, 5.74) is 1.99. The minimum absolute atomic E-state index is 0.500. The lowest BCUT2D eigenvalue weighted by atomic mass is 10.0. The van der Waals surface area contributed by atoms with Gasteiger partial charge in [0.05, 0.1) is 0 Å². The summed E-state index contributed by atoms with van der Waals surface area (Å²) in [5.74, 6) is 2.60. The quantitative estimate of drug-likeness (QED) is 0.707. The lowest BCUT2D eigenvalue weighted by Crippen LogP contribution is -2.34. The molecule has 25 heavy (non-hydrogen) atoms. The minimum Gasteiger partial charge on any atom is -0.487 e. The van der Waals surface area contributed by atoms with Crippen molar-refractivity contribution in [1.29, 1.82) is 0 Å². The molecular weight excluding hydrogens is 310 g/mol. The van der Waals surface area contributed by atoms with Crippen LogP contribution in [0.3, 0.4) is 0 Å². The van der Waals surface area contributed by atoms with E-state index in [-0.39, 0.29) is 0 Å². The Morgan fingerprint density at radius 3 is 2.96 bits per heavy atom. The molecule has 4 nitrogen and oxygen atoms in total. The van der Waals surface area contributed by atoms with Crippen molar-refractivity contribution in [3.63, 3.8) is 0 Å². The predicted molar refractivity (Wildman–Crippen MR) is 101 cm³/mol. The molecule has 1 aromatic carbocycles. The van der Waals surface area contributed by atoms with E-state index in [1.54, 1.807) is 6.20 Å². The second kappa shape index (κ2) is 7.09. The number of pyridine rings is 2.